The van der Waals surface area contributed by atoms with Crippen LogP contribution < -0.4 is 0 Å². The third kappa shape index (κ3) is 18.6. The van der Waals surface area contributed by atoms with Gasteiger partial charge in [0.15, 0.2) is 0 Å². The molecule has 1 heterocycles. The van der Waals surface area contributed by atoms with Gasteiger partial charge < -0.3 is 14.7 Å². The van der Waals surface area contributed by atoms with Crippen molar-refractivity contribution in [2.24, 2.45) is 0 Å². The standard InChI is InChI=1S/C5H11N.C5H10O2.CH2O2/c1-6-4-2-3-5-6;1-5(2,3)7-4-6;2-1-3/h2-5H2,1H3;4H,1-3H3;1H,(H,2,3). The Morgan fingerprint density at radius 3 is 1.62 bits per heavy atom. The maximum atomic E-state index is 9.60. The molecule has 0 radical (unpaired) electrons. The molecule has 1 fully saturated rings. The quantitative estimate of drug-likeness (QED) is 0.693. The average Bonchev–Trinajstić information content (AvgIpc) is 2.56. The van der Waals surface area contributed by atoms with Gasteiger partial charge in [0.1, 0.15) is 5.60 Å². The Morgan fingerprint density at radius 1 is 1.19 bits per heavy atom. The normalized spacial score (nSPS) is 15.0. The largest absolute Gasteiger partial charge is 0.483 e. The second-order valence-corrected chi connectivity index (χ2v) is 4.44. The highest BCUT2D eigenvalue weighted by Crippen LogP contribution is 2.02. The number of nitrogens with zero attached hydrogens (tertiary/aromatic N) is 1. The molecule has 0 aromatic carbocycles. The summed E-state index contributed by atoms with van der Waals surface area (Å²) >= 11 is 0. The maximum absolute atomic E-state index is 9.60. The van der Waals surface area contributed by atoms with Gasteiger partial charge in [-0.2, -0.15) is 0 Å². The first-order valence-electron chi connectivity index (χ1n) is 5.25. The molecule has 1 N–H and O–H groups in total. The second-order valence-electron chi connectivity index (χ2n) is 4.44. The first-order chi connectivity index (χ1) is 7.37. The smallest absolute Gasteiger partial charge is 0.293 e. The molecule has 1 aliphatic heterocycles. The highest BCUT2D eigenvalue weighted by Gasteiger charge is 2.07. The van der Waals surface area contributed by atoms with E-state index in [0.29, 0.717) is 6.47 Å². The Balaban J connectivity index is 0. The van der Waals surface area contributed by atoms with E-state index in [1.54, 1.807) is 0 Å². The minimum atomic E-state index is -0.318. The zero-order valence-electron chi connectivity index (χ0n) is 10.6. The van der Waals surface area contributed by atoms with Crippen molar-refractivity contribution >= 4 is 12.9 Å². The molecule has 0 atom stereocenters. The van der Waals surface area contributed by atoms with Gasteiger partial charge in [0.05, 0.1) is 0 Å². The zero-order chi connectivity index (χ0) is 13.0. The summed E-state index contributed by atoms with van der Waals surface area (Å²) in [4.78, 5) is 20.3. The van der Waals surface area contributed by atoms with E-state index < -0.39 is 0 Å². The fourth-order valence-corrected chi connectivity index (χ4v) is 1.02. The molecule has 0 aromatic heterocycles. The third-order valence-electron chi connectivity index (χ3n) is 1.73. The predicted molar refractivity (Wildman–Crippen MR) is 62.3 cm³/mol. The van der Waals surface area contributed by atoms with Crippen molar-refractivity contribution in [1.29, 1.82) is 0 Å². The molecule has 0 bridgehead atoms. The predicted octanol–water partition coefficient (Wildman–Crippen LogP) is 1.37. The molecule has 16 heavy (non-hydrogen) atoms. The van der Waals surface area contributed by atoms with Crippen LogP contribution in [0.4, 0.5) is 0 Å². The lowest BCUT2D eigenvalue weighted by Crippen LogP contribution is -2.17. The average molecular weight is 233 g/mol. The molecule has 0 aliphatic carbocycles. The first-order valence-corrected chi connectivity index (χ1v) is 5.25. The van der Waals surface area contributed by atoms with Crippen LogP contribution in [0.15, 0.2) is 0 Å². The second kappa shape index (κ2) is 10.4. The van der Waals surface area contributed by atoms with Crippen molar-refractivity contribution in [3.63, 3.8) is 0 Å². The van der Waals surface area contributed by atoms with Gasteiger partial charge >= 0.3 is 0 Å². The minimum Gasteiger partial charge on any atom is -0.483 e. The molecule has 0 spiro atoms. The van der Waals surface area contributed by atoms with E-state index in [2.05, 4.69) is 16.7 Å². The van der Waals surface area contributed by atoms with Crippen LogP contribution in [0, 0.1) is 0 Å². The molecule has 1 aliphatic rings. The SMILES string of the molecule is CC(C)(C)OC=O.CN1CCCC1.O=CO. The van der Waals surface area contributed by atoms with Crippen molar-refractivity contribution in [2.75, 3.05) is 20.1 Å². The van der Waals surface area contributed by atoms with Crippen molar-refractivity contribution in [1.82, 2.24) is 4.90 Å². The highest BCUT2D eigenvalue weighted by molar-refractivity contribution is 5.37. The van der Waals surface area contributed by atoms with E-state index in [4.69, 9.17) is 9.90 Å². The van der Waals surface area contributed by atoms with E-state index in [9.17, 15) is 4.79 Å². The summed E-state index contributed by atoms with van der Waals surface area (Å²) in [5, 5.41) is 6.89. The molecule has 0 aromatic rings. The molecule has 96 valence electrons. The van der Waals surface area contributed by atoms with Gasteiger partial charge in [-0.25, -0.2) is 0 Å². The van der Waals surface area contributed by atoms with Crippen molar-refractivity contribution < 1.29 is 19.4 Å². The van der Waals surface area contributed by atoms with Crippen LogP contribution in [0.5, 0.6) is 0 Å². The van der Waals surface area contributed by atoms with Crippen LogP contribution >= 0.6 is 0 Å². The van der Waals surface area contributed by atoms with Gasteiger partial charge in [0, 0.05) is 0 Å². The zero-order valence-corrected chi connectivity index (χ0v) is 10.6. The molecule has 5 heteroatoms. The van der Waals surface area contributed by atoms with Crippen LogP contribution in [0.3, 0.4) is 0 Å². The van der Waals surface area contributed by atoms with Crippen molar-refractivity contribution in [3.8, 4) is 0 Å². The highest BCUT2D eigenvalue weighted by atomic mass is 16.5. The summed E-state index contributed by atoms with van der Waals surface area (Å²) in [6.07, 6.45) is 2.83. The molecule has 0 saturated carbocycles. The van der Waals surface area contributed by atoms with Crippen molar-refractivity contribution in [2.45, 2.75) is 39.2 Å². The number of carbonyl (C=O) groups excluding carboxylic acids is 1. The molecule has 5 nitrogen and oxygen atoms in total. The monoisotopic (exact) mass is 233 g/mol. The van der Waals surface area contributed by atoms with Gasteiger partial charge in [-0.15, -0.1) is 0 Å². The number of hydrogen-bond acceptors (Lipinski definition) is 4. The maximum Gasteiger partial charge on any atom is 0.293 e. The lowest BCUT2D eigenvalue weighted by Gasteiger charge is -2.14. The topological polar surface area (TPSA) is 66.8 Å². The van der Waals surface area contributed by atoms with Gasteiger partial charge in [0.2, 0.25) is 0 Å². The number of rotatable bonds is 1. The van der Waals surface area contributed by atoms with E-state index >= 15 is 0 Å². The fraction of sp³-hybridized carbons (Fsp3) is 0.818. The lowest BCUT2D eigenvalue weighted by molar-refractivity contribution is -0.138. The van der Waals surface area contributed by atoms with Gasteiger partial charge in [-0.3, -0.25) is 9.59 Å². The number of likely N-dealkylation sites (tertiary alicyclic amines) is 1. The number of ether oxygens (including phenoxy) is 1. The molecule has 1 rings (SSSR count). The van der Waals surface area contributed by atoms with E-state index in [1.807, 2.05) is 20.8 Å². The van der Waals surface area contributed by atoms with Crippen LogP contribution in [0.1, 0.15) is 33.6 Å². The minimum absolute atomic E-state index is 0.250. The van der Waals surface area contributed by atoms with Crippen molar-refractivity contribution in [3.05, 3.63) is 0 Å². The molecule has 0 amide bonds. The molecule has 0 unspecified atom stereocenters. The number of hydrogen-bond donors (Lipinski definition) is 1. The first kappa shape index (κ1) is 17.3. The Hall–Kier alpha value is -1.10. The molecular formula is C11H23NO4. The Labute approximate surface area is 97.4 Å². The number of carbonyl (C=O) groups is 2. The summed E-state index contributed by atoms with van der Waals surface area (Å²) < 4.78 is 4.55. The van der Waals surface area contributed by atoms with Gasteiger partial charge in [-0.1, -0.05) is 0 Å². The van der Waals surface area contributed by atoms with Crippen LogP contribution in [-0.2, 0) is 14.3 Å². The van der Waals surface area contributed by atoms with Crippen LogP contribution in [-0.4, -0.2) is 48.7 Å². The summed E-state index contributed by atoms with van der Waals surface area (Å²) in [6.45, 7) is 8.31. The lowest BCUT2D eigenvalue weighted by atomic mass is 10.2. The van der Waals surface area contributed by atoms with Crippen LogP contribution in [0.2, 0.25) is 0 Å². The Kier molecular flexibility index (Phi) is 11.3. The molecule has 1 saturated heterocycles. The van der Waals surface area contributed by atoms with E-state index in [0.717, 1.165) is 0 Å². The Bertz CT molecular complexity index is 171. The van der Waals surface area contributed by atoms with Crippen LogP contribution in [0.25, 0.3) is 0 Å². The van der Waals surface area contributed by atoms with E-state index in [1.165, 1.54) is 25.9 Å². The summed E-state index contributed by atoms with van der Waals surface area (Å²) in [7, 11) is 2.17. The summed E-state index contributed by atoms with van der Waals surface area (Å²) in [5.41, 5.74) is -0.318. The fourth-order valence-electron chi connectivity index (χ4n) is 1.02. The number of carboxylic acid groups (broad SMARTS) is 1. The summed E-state index contributed by atoms with van der Waals surface area (Å²) in [6, 6.07) is 0. The third-order valence-corrected chi connectivity index (χ3v) is 1.73. The summed E-state index contributed by atoms with van der Waals surface area (Å²) in [5.74, 6) is 0. The van der Waals surface area contributed by atoms with Gasteiger partial charge in [0.25, 0.3) is 12.9 Å². The Morgan fingerprint density at radius 2 is 1.56 bits per heavy atom. The molecular weight excluding hydrogens is 210 g/mol. The van der Waals surface area contributed by atoms with Gasteiger partial charge in [-0.05, 0) is 53.8 Å². The van der Waals surface area contributed by atoms with E-state index in [-0.39, 0.29) is 12.1 Å².